The maximum atomic E-state index is 11.9. The van der Waals surface area contributed by atoms with Crippen LogP contribution in [0.25, 0.3) is 0 Å². The summed E-state index contributed by atoms with van der Waals surface area (Å²) in [5.74, 6) is 0.309. The van der Waals surface area contributed by atoms with Crippen LogP contribution in [0.1, 0.15) is 25.0 Å². The van der Waals surface area contributed by atoms with Gasteiger partial charge in [0.25, 0.3) is 11.4 Å². The van der Waals surface area contributed by atoms with E-state index in [0.717, 1.165) is 5.56 Å². The zero-order valence-electron chi connectivity index (χ0n) is 23.5. The lowest BCUT2D eigenvalue weighted by Gasteiger charge is -2.36. The summed E-state index contributed by atoms with van der Waals surface area (Å²) in [5.41, 5.74) is 13.1. The van der Waals surface area contributed by atoms with Crippen molar-refractivity contribution >= 4 is 34.3 Å². The number of nitrogen functional groups attached to an aromatic ring is 2. The minimum absolute atomic E-state index is 0.0188. The van der Waals surface area contributed by atoms with E-state index in [4.69, 9.17) is 20.9 Å². The van der Waals surface area contributed by atoms with Gasteiger partial charge < -0.3 is 20.9 Å². The molecule has 42 heavy (non-hydrogen) atoms. The molecule has 12 nitrogen and oxygen atoms in total. The van der Waals surface area contributed by atoms with Crippen LogP contribution in [0.5, 0.6) is 0 Å². The van der Waals surface area contributed by atoms with E-state index < -0.39 is 15.3 Å². The van der Waals surface area contributed by atoms with Crippen LogP contribution >= 0.6 is 0 Å². The molecule has 2 fully saturated rings. The van der Waals surface area contributed by atoms with Gasteiger partial charge >= 0.3 is 0 Å². The minimum Gasteiger partial charge on any atom is -0.399 e. The molecular formula is C30H34N4O8. The number of carbonyl (C=O) groups excluding carboxylic acids is 2. The molecular weight excluding hydrogens is 544 g/mol. The molecule has 4 N–H and O–H groups in total. The number of anilines is 2. The zero-order chi connectivity index (χ0) is 30.9. The second-order valence-electron chi connectivity index (χ2n) is 10.8. The smallest absolute Gasteiger partial charge is 0.271 e. The van der Waals surface area contributed by atoms with Gasteiger partial charge in [-0.1, -0.05) is 30.3 Å². The highest BCUT2D eigenvalue weighted by atomic mass is 16.6. The van der Waals surface area contributed by atoms with Crippen molar-refractivity contribution in [3.05, 3.63) is 104 Å². The Bertz CT molecular complexity index is 1450. The average Bonchev–Trinajstić information content (AvgIpc) is 2.91. The van der Waals surface area contributed by atoms with Crippen molar-refractivity contribution in [2.45, 2.75) is 26.7 Å². The molecule has 12 heteroatoms. The van der Waals surface area contributed by atoms with Gasteiger partial charge in [-0.05, 0) is 43.2 Å². The van der Waals surface area contributed by atoms with Crippen LogP contribution in [0, 0.1) is 31.1 Å². The molecule has 222 valence electrons. The third-order valence-electron chi connectivity index (χ3n) is 6.91. The van der Waals surface area contributed by atoms with Crippen LogP contribution in [-0.4, -0.2) is 47.8 Å². The molecule has 3 aromatic rings. The highest BCUT2D eigenvalue weighted by molar-refractivity contribution is 5.88. The number of ketones is 2. The summed E-state index contributed by atoms with van der Waals surface area (Å²) >= 11 is 0. The summed E-state index contributed by atoms with van der Waals surface area (Å²) in [7, 11) is 0. The molecule has 0 bridgehead atoms. The zero-order valence-corrected chi connectivity index (χ0v) is 23.5. The lowest BCUT2D eigenvalue weighted by Crippen LogP contribution is -2.47. The fourth-order valence-corrected chi connectivity index (χ4v) is 4.06. The predicted molar refractivity (Wildman–Crippen MR) is 157 cm³/mol. The predicted octanol–water partition coefficient (Wildman–Crippen LogP) is 4.34. The van der Waals surface area contributed by atoms with Gasteiger partial charge in [-0.2, -0.15) is 0 Å². The first kappa shape index (κ1) is 31.8. The molecule has 0 atom stereocenters. The molecule has 5 rings (SSSR count). The monoisotopic (exact) mass is 578 g/mol. The van der Waals surface area contributed by atoms with Crippen molar-refractivity contribution in [2.24, 2.45) is 10.8 Å². The summed E-state index contributed by atoms with van der Waals surface area (Å²) < 4.78 is 10.1. The number of benzene rings is 3. The Morgan fingerprint density at radius 2 is 1.07 bits per heavy atom. The number of nitrogens with zero attached hydrogens (tertiary/aromatic N) is 2. The summed E-state index contributed by atoms with van der Waals surface area (Å²) in [5, 5.41) is 20.7. The van der Waals surface area contributed by atoms with E-state index in [0.29, 0.717) is 49.8 Å². The quantitative estimate of drug-likeness (QED) is 0.221. The molecule has 0 aliphatic carbocycles. The molecule has 2 aliphatic heterocycles. The highest BCUT2D eigenvalue weighted by Crippen LogP contribution is 2.30. The van der Waals surface area contributed by atoms with E-state index in [2.05, 4.69) is 0 Å². The number of hydrogen-bond acceptors (Lipinski definition) is 10. The maximum Gasteiger partial charge on any atom is 0.271 e. The van der Waals surface area contributed by atoms with Gasteiger partial charge in [0.1, 0.15) is 11.6 Å². The van der Waals surface area contributed by atoms with Gasteiger partial charge in [0.15, 0.2) is 0 Å². The molecule has 0 saturated carbocycles. The van der Waals surface area contributed by atoms with Crippen molar-refractivity contribution in [2.75, 3.05) is 37.9 Å². The molecule has 2 heterocycles. The Morgan fingerprint density at radius 1 is 0.690 bits per heavy atom. The SMILES string of the molecule is CC1(C(=O)Cc2cccc(N)c2)COC1.CC1(C(=O)Cc2cccc([N+](=O)[O-])c2)COC1.Nc1cccc([N+](=O)[O-])c1. The van der Waals surface area contributed by atoms with E-state index in [1.54, 1.807) is 24.3 Å². The molecule has 3 aromatic carbocycles. The standard InChI is InChI=1S/C12H13NO4.C12H15NO2.C6H6N2O2/c1-12(7-17-8-12)11(14)6-9-3-2-4-10(5-9)13(15)16;1-12(7-15-8-12)11(14)6-9-3-2-4-10(13)5-9;7-5-2-1-3-6(4-5)8(9)10/h2-5H,6-8H2,1H3;2-5H,6-8,13H2,1H3;1-4H,7H2. The molecule has 0 spiro atoms. The fraction of sp³-hybridized carbons (Fsp3) is 0.333. The lowest BCUT2D eigenvalue weighted by atomic mass is 9.81. The lowest BCUT2D eigenvalue weighted by molar-refractivity contribution is -0.385. The van der Waals surface area contributed by atoms with Crippen LogP contribution in [-0.2, 0) is 31.9 Å². The number of non-ortho nitro benzene ring substituents is 2. The number of nitro groups is 2. The third-order valence-corrected chi connectivity index (χ3v) is 6.91. The van der Waals surface area contributed by atoms with Crippen molar-refractivity contribution in [1.29, 1.82) is 0 Å². The molecule has 0 aromatic heterocycles. The minimum atomic E-state index is -0.476. The summed E-state index contributed by atoms with van der Waals surface area (Å²) in [6.45, 7) is 5.80. The number of hydrogen-bond donors (Lipinski definition) is 2. The van der Waals surface area contributed by atoms with Gasteiger partial charge in [0.2, 0.25) is 0 Å². The number of ether oxygens (including phenoxy) is 2. The first-order valence-electron chi connectivity index (χ1n) is 13.1. The Balaban J connectivity index is 0.000000179. The Morgan fingerprint density at radius 3 is 1.43 bits per heavy atom. The van der Waals surface area contributed by atoms with E-state index >= 15 is 0 Å². The van der Waals surface area contributed by atoms with E-state index in [1.807, 2.05) is 38.1 Å². The number of carbonyl (C=O) groups is 2. The summed E-state index contributed by atoms with van der Waals surface area (Å²) in [6.07, 6.45) is 0.673. The highest BCUT2D eigenvalue weighted by Gasteiger charge is 2.41. The number of nitrogens with two attached hydrogens (primary N) is 2. The van der Waals surface area contributed by atoms with Gasteiger partial charge in [-0.3, -0.25) is 29.8 Å². The molecule has 0 unspecified atom stereocenters. The number of rotatable bonds is 8. The maximum absolute atomic E-state index is 11.9. The second-order valence-corrected chi connectivity index (χ2v) is 10.8. The van der Waals surface area contributed by atoms with E-state index in [1.165, 1.54) is 24.3 Å². The van der Waals surface area contributed by atoms with Gasteiger partial charge in [0, 0.05) is 48.5 Å². The average molecular weight is 579 g/mol. The van der Waals surface area contributed by atoms with Crippen molar-refractivity contribution in [1.82, 2.24) is 0 Å². The van der Waals surface area contributed by atoms with Gasteiger partial charge in [-0.25, -0.2) is 0 Å². The van der Waals surface area contributed by atoms with Crippen molar-refractivity contribution < 1.29 is 28.9 Å². The van der Waals surface area contributed by atoms with Crippen LogP contribution in [0.3, 0.4) is 0 Å². The Kier molecular flexibility index (Phi) is 10.5. The molecule has 0 radical (unpaired) electrons. The largest absolute Gasteiger partial charge is 0.399 e. The number of nitro benzene ring substituents is 2. The molecule has 0 amide bonds. The van der Waals surface area contributed by atoms with E-state index in [9.17, 15) is 29.8 Å². The molecule has 2 aliphatic rings. The van der Waals surface area contributed by atoms with Crippen LogP contribution in [0.2, 0.25) is 0 Å². The summed E-state index contributed by atoms with van der Waals surface area (Å²) in [4.78, 5) is 43.6. The Hall–Kier alpha value is -4.68. The Labute approximate surface area is 242 Å². The number of Topliss-reactive ketones (excluding diaryl/α,β-unsaturated/α-hetero) is 2. The normalized spacial score (nSPS) is 15.7. The first-order valence-corrected chi connectivity index (χ1v) is 13.1. The van der Waals surface area contributed by atoms with Crippen LogP contribution in [0.15, 0.2) is 72.8 Å². The summed E-state index contributed by atoms with van der Waals surface area (Å²) in [6, 6.07) is 19.5. The fourth-order valence-electron chi connectivity index (χ4n) is 4.06. The van der Waals surface area contributed by atoms with Crippen molar-refractivity contribution in [3.63, 3.8) is 0 Å². The second kappa shape index (κ2) is 13.8. The van der Waals surface area contributed by atoms with E-state index in [-0.39, 0.29) is 34.8 Å². The molecule has 2 saturated heterocycles. The van der Waals surface area contributed by atoms with Gasteiger partial charge in [-0.15, -0.1) is 0 Å². The third kappa shape index (κ3) is 8.66. The first-order chi connectivity index (χ1) is 19.8. The van der Waals surface area contributed by atoms with Crippen molar-refractivity contribution in [3.8, 4) is 0 Å². The van der Waals surface area contributed by atoms with Crippen LogP contribution in [0.4, 0.5) is 22.7 Å². The van der Waals surface area contributed by atoms with Gasteiger partial charge in [0.05, 0.1) is 47.1 Å². The van der Waals surface area contributed by atoms with Crippen LogP contribution < -0.4 is 11.5 Å². The topological polar surface area (TPSA) is 191 Å².